The molecule has 0 bridgehead atoms. The van der Waals surface area contributed by atoms with Crippen molar-refractivity contribution < 1.29 is 14.3 Å². The van der Waals surface area contributed by atoms with Gasteiger partial charge in [-0.15, -0.1) is 0 Å². The van der Waals surface area contributed by atoms with Crippen molar-refractivity contribution >= 4 is 5.97 Å². The molecule has 0 fully saturated rings. The lowest BCUT2D eigenvalue weighted by Crippen LogP contribution is -2.30. The maximum atomic E-state index is 12.6. The number of carboxylic acids is 1. The Morgan fingerprint density at radius 3 is 2.11 bits per heavy atom. The van der Waals surface area contributed by atoms with E-state index in [2.05, 4.69) is 6.58 Å². The van der Waals surface area contributed by atoms with Gasteiger partial charge in [0.05, 0.1) is 0 Å². The minimum Gasteiger partial charge on any atom is -0.479 e. The SMILES string of the molecule is C=C(C)C(C)(F)C(=O)O. The first-order chi connectivity index (χ1) is 3.89. The third-order valence-corrected chi connectivity index (χ3v) is 1.20. The molecule has 0 saturated heterocycles. The monoisotopic (exact) mass is 132 g/mol. The Hall–Kier alpha value is -0.860. The zero-order valence-electron chi connectivity index (χ0n) is 5.44. The second-order valence-electron chi connectivity index (χ2n) is 2.09. The van der Waals surface area contributed by atoms with Gasteiger partial charge in [-0.3, -0.25) is 0 Å². The van der Waals surface area contributed by atoms with Crippen LogP contribution in [0.1, 0.15) is 13.8 Å². The Balaban J connectivity index is 4.38. The summed E-state index contributed by atoms with van der Waals surface area (Å²) in [5, 5.41) is 8.18. The van der Waals surface area contributed by atoms with Crippen LogP contribution < -0.4 is 0 Å². The molecule has 9 heavy (non-hydrogen) atoms. The summed E-state index contributed by atoms with van der Waals surface area (Å²) in [5.74, 6) is -1.49. The van der Waals surface area contributed by atoms with Gasteiger partial charge >= 0.3 is 5.97 Å². The Bertz CT molecular complexity index is 133. The average Bonchev–Trinajstić information content (AvgIpc) is 1.65. The number of carbonyl (C=O) groups is 1. The summed E-state index contributed by atoms with van der Waals surface area (Å²) in [7, 11) is 0. The van der Waals surface area contributed by atoms with E-state index in [0.717, 1.165) is 6.92 Å². The van der Waals surface area contributed by atoms with E-state index in [-0.39, 0.29) is 5.57 Å². The van der Waals surface area contributed by atoms with Gasteiger partial charge < -0.3 is 5.11 Å². The third-order valence-electron chi connectivity index (χ3n) is 1.20. The van der Waals surface area contributed by atoms with E-state index in [1.165, 1.54) is 6.92 Å². The summed E-state index contributed by atoms with van der Waals surface area (Å²) in [5.41, 5.74) is -2.27. The standard InChI is InChI=1S/C6H9FO2/c1-4(2)6(3,7)5(8)9/h1H2,2-3H3,(H,8,9). The highest BCUT2D eigenvalue weighted by Crippen LogP contribution is 2.18. The van der Waals surface area contributed by atoms with Crippen LogP contribution in [0.15, 0.2) is 12.2 Å². The van der Waals surface area contributed by atoms with Gasteiger partial charge in [-0.05, 0) is 19.4 Å². The molecule has 0 rings (SSSR count). The van der Waals surface area contributed by atoms with Crippen LogP contribution in [0.3, 0.4) is 0 Å². The summed E-state index contributed by atoms with van der Waals surface area (Å²) in [6, 6.07) is 0. The molecule has 0 heterocycles. The summed E-state index contributed by atoms with van der Waals surface area (Å²) >= 11 is 0. The summed E-state index contributed by atoms with van der Waals surface area (Å²) < 4.78 is 12.6. The second kappa shape index (κ2) is 2.17. The number of carboxylic acid groups (broad SMARTS) is 1. The first kappa shape index (κ1) is 8.14. The fraction of sp³-hybridized carbons (Fsp3) is 0.500. The predicted octanol–water partition coefficient (Wildman–Crippen LogP) is 1.38. The molecule has 0 radical (unpaired) electrons. The Morgan fingerprint density at radius 1 is 1.78 bits per heavy atom. The molecule has 0 aromatic carbocycles. The number of aliphatic carboxylic acids is 1. The van der Waals surface area contributed by atoms with E-state index in [1.807, 2.05) is 0 Å². The molecule has 3 heteroatoms. The van der Waals surface area contributed by atoms with Gasteiger partial charge in [0, 0.05) is 0 Å². The number of rotatable bonds is 2. The zero-order valence-corrected chi connectivity index (χ0v) is 5.44. The van der Waals surface area contributed by atoms with Gasteiger partial charge in [0.1, 0.15) is 0 Å². The molecule has 0 aromatic heterocycles. The lowest BCUT2D eigenvalue weighted by molar-refractivity contribution is -0.147. The Labute approximate surface area is 53.0 Å². The molecule has 1 atom stereocenters. The van der Waals surface area contributed by atoms with E-state index in [9.17, 15) is 9.18 Å². The van der Waals surface area contributed by atoms with E-state index in [1.54, 1.807) is 0 Å². The van der Waals surface area contributed by atoms with E-state index < -0.39 is 11.6 Å². The molecule has 2 nitrogen and oxygen atoms in total. The number of hydrogen-bond donors (Lipinski definition) is 1. The van der Waals surface area contributed by atoms with Gasteiger partial charge in [-0.25, -0.2) is 9.18 Å². The smallest absolute Gasteiger partial charge is 0.345 e. The van der Waals surface area contributed by atoms with Crippen LogP contribution in [0.5, 0.6) is 0 Å². The van der Waals surface area contributed by atoms with Gasteiger partial charge in [0.2, 0.25) is 5.67 Å². The summed E-state index contributed by atoms with van der Waals surface area (Å²) in [4.78, 5) is 10.0. The van der Waals surface area contributed by atoms with Crippen LogP contribution in [-0.4, -0.2) is 16.7 Å². The zero-order chi connectivity index (χ0) is 7.65. The van der Waals surface area contributed by atoms with E-state index in [0.29, 0.717) is 0 Å². The average molecular weight is 132 g/mol. The Morgan fingerprint density at radius 2 is 2.11 bits per heavy atom. The van der Waals surface area contributed by atoms with Crippen LogP contribution in [0.4, 0.5) is 4.39 Å². The van der Waals surface area contributed by atoms with E-state index >= 15 is 0 Å². The summed E-state index contributed by atoms with van der Waals surface area (Å²) in [6.07, 6.45) is 0. The van der Waals surface area contributed by atoms with Crippen molar-refractivity contribution in [3.63, 3.8) is 0 Å². The minimum atomic E-state index is -2.28. The lowest BCUT2D eigenvalue weighted by atomic mass is 10.0. The summed E-state index contributed by atoms with van der Waals surface area (Å²) in [6.45, 7) is 5.50. The highest BCUT2D eigenvalue weighted by molar-refractivity contribution is 5.80. The van der Waals surface area contributed by atoms with Gasteiger partial charge in [0.15, 0.2) is 0 Å². The van der Waals surface area contributed by atoms with Crippen molar-refractivity contribution in [2.24, 2.45) is 0 Å². The van der Waals surface area contributed by atoms with Crippen LogP contribution in [0.25, 0.3) is 0 Å². The van der Waals surface area contributed by atoms with Crippen LogP contribution in [0.2, 0.25) is 0 Å². The Kier molecular flexibility index (Phi) is 1.96. The highest BCUT2D eigenvalue weighted by atomic mass is 19.1. The number of halogens is 1. The molecule has 0 amide bonds. The second-order valence-corrected chi connectivity index (χ2v) is 2.09. The quantitative estimate of drug-likeness (QED) is 0.576. The molecule has 0 aliphatic rings. The van der Waals surface area contributed by atoms with Crippen molar-refractivity contribution in [1.29, 1.82) is 0 Å². The van der Waals surface area contributed by atoms with Crippen molar-refractivity contribution in [3.05, 3.63) is 12.2 Å². The number of hydrogen-bond acceptors (Lipinski definition) is 1. The van der Waals surface area contributed by atoms with E-state index in [4.69, 9.17) is 5.11 Å². The van der Waals surface area contributed by atoms with Gasteiger partial charge in [-0.1, -0.05) is 6.58 Å². The molecular formula is C6H9FO2. The molecule has 52 valence electrons. The van der Waals surface area contributed by atoms with Crippen molar-refractivity contribution in [2.45, 2.75) is 19.5 Å². The maximum Gasteiger partial charge on any atom is 0.345 e. The lowest BCUT2D eigenvalue weighted by Gasteiger charge is -2.13. The fourth-order valence-electron chi connectivity index (χ4n) is 0.183. The van der Waals surface area contributed by atoms with Crippen molar-refractivity contribution in [1.82, 2.24) is 0 Å². The van der Waals surface area contributed by atoms with Gasteiger partial charge in [-0.2, -0.15) is 0 Å². The van der Waals surface area contributed by atoms with Crippen LogP contribution in [0, 0.1) is 0 Å². The van der Waals surface area contributed by atoms with Crippen molar-refractivity contribution in [2.75, 3.05) is 0 Å². The minimum absolute atomic E-state index is 0.00926. The molecule has 0 saturated carbocycles. The molecular weight excluding hydrogens is 123 g/mol. The third kappa shape index (κ3) is 1.52. The topological polar surface area (TPSA) is 37.3 Å². The predicted molar refractivity (Wildman–Crippen MR) is 32.0 cm³/mol. The maximum absolute atomic E-state index is 12.6. The largest absolute Gasteiger partial charge is 0.479 e. The van der Waals surface area contributed by atoms with Crippen molar-refractivity contribution in [3.8, 4) is 0 Å². The molecule has 1 unspecified atom stereocenters. The molecule has 0 aromatic rings. The van der Waals surface area contributed by atoms with Gasteiger partial charge in [0.25, 0.3) is 0 Å². The number of alkyl halides is 1. The van der Waals surface area contributed by atoms with Crippen LogP contribution in [-0.2, 0) is 4.79 Å². The first-order valence-corrected chi connectivity index (χ1v) is 2.47. The molecule has 0 aliphatic heterocycles. The normalized spacial score (nSPS) is 16.3. The first-order valence-electron chi connectivity index (χ1n) is 2.47. The molecule has 0 aliphatic carbocycles. The molecule has 0 spiro atoms. The molecule has 1 N–H and O–H groups in total. The highest BCUT2D eigenvalue weighted by Gasteiger charge is 2.33. The fourth-order valence-corrected chi connectivity index (χ4v) is 0.183. The van der Waals surface area contributed by atoms with Crippen LogP contribution >= 0.6 is 0 Å².